The molecule has 0 aliphatic carbocycles. The topological polar surface area (TPSA) is 74.3 Å². The van der Waals surface area contributed by atoms with Gasteiger partial charge in [-0.05, 0) is 66.2 Å². The first kappa shape index (κ1) is 25.1. The van der Waals surface area contributed by atoms with Crippen LogP contribution in [0.3, 0.4) is 0 Å². The molecule has 3 heterocycles. The molecule has 0 atom stereocenters. The summed E-state index contributed by atoms with van der Waals surface area (Å²) in [4.78, 5) is 18.2. The van der Waals surface area contributed by atoms with Gasteiger partial charge in [0, 0.05) is 17.3 Å². The molecule has 0 amide bonds. The lowest BCUT2D eigenvalue weighted by atomic mass is 10.1. The average molecular weight is 548 g/mol. The fourth-order valence-corrected chi connectivity index (χ4v) is 5.01. The lowest BCUT2D eigenvalue weighted by Gasteiger charge is -2.04. The molecule has 0 fully saturated rings. The number of thiazole rings is 1. The number of nitrogens with zero attached hydrogens (tertiary/aromatic N) is 5. The standard InChI is InChI=1S/C31H22FN5O2S/c1-2-18-39-26-15-11-22(12-16-26)29-23(20-36(35-29)25-6-4-3-5-7-25)19-27-30(38)37-31(40-27)33-28(34-37)17-10-21-8-13-24(32)14-9-21/h2-17,19-20H,1,18H2/b17-10+,27-19-. The van der Waals surface area contributed by atoms with Crippen molar-refractivity contribution in [2.24, 2.45) is 0 Å². The second-order valence-corrected chi connectivity index (χ2v) is 9.81. The van der Waals surface area contributed by atoms with Gasteiger partial charge in [-0.3, -0.25) is 4.79 Å². The van der Waals surface area contributed by atoms with Gasteiger partial charge in [0.05, 0.1) is 10.2 Å². The van der Waals surface area contributed by atoms with Crippen molar-refractivity contribution in [3.05, 3.63) is 135 Å². The van der Waals surface area contributed by atoms with Crippen molar-refractivity contribution in [2.75, 3.05) is 6.61 Å². The number of para-hydroxylation sites is 1. The number of hydrogen-bond acceptors (Lipinski definition) is 6. The van der Waals surface area contributed by atoms with Crippen LogP contribution in [0.5, 0.6) is 5.75 Å². The first-order valence-electron chi connectivity index (χ1n) is 12.4. The van der Waals surface area contributed by atoms with E-state index in [1.165, 1.54) is 28.0 Å². The Morgan fingerprint density at radius 2 is 1.73 bits per heavy atom. The third-order valence-electron chi connectivity index (χ3n) is 6.04. The summed E-state index contributed by atoms with van der Waals surface area (Å²) in [6.45, 7) is 4.10. The highest BCUT2D eigenvalue weighted by Crippen LogP contribution is 2.26. The summed E-state index contributed by atoms with van der Waals surface area (Å²) in [6, 6.07) is 23.5. The van der Waals surface area contributed by atoms with E-state index in [1.807, 2.05) is 66.9 Å². The number of fused-ring (bicyclic) bond motifs is 1. The summed E-state index contributed by atoms with van der Waals surface area (Å²) in [7, 11) is 0. The SMILES string of the molecule is C=CCOc1ccc(-c2nn(-c3ccccc3)cc2/C=c2\sc3nc(/C=C/c4ccc(F)cc4)nn3c2=O)cc1. The Morgan fingerprint density at radius 1 is 0.950 bits per heavy atom. The summed E-state index contributed by atoms with van der Waals surface area (Å²) in [5.41, 5.74) is 3.82. The molecule has 0 bridgehead atoms. The lowest BCUT2D eigenvalue weighted by molar-refractivity contribution is 0.363. The van der Waals surface area contributed by atoms with E-state index in [0.29, 0.717) is 21.9 Å². The van der Waals surface area contributed by atoms with Crippen LogP contribution in [0.25, 0.3) is 40.1 Å². The van der Waals surface area contributed by atoms with Crippen LogP contribution in [0.2, 0.25) is 0 Å². The molecular weight excluding hydrogens is 525 g/mol. The highest BCUT2D eigenvalue weighted by Gasteiger charge is 2.14. The largest absolute Gasteiger partial charge is 0.490 e. The number of ether oxygens (including phenoxy) is 1. The molecule has 6 rings (SSSR count). The van der Waals surface area contributed by atoms with Gasteiger partial charge in [-0.1, -0.05) is 60.4 Å². The van der Waals surface area contributed by atoms with Gasteiger partial charge in [0.15, 0.2) is 5.82 Å². The van der Waals surface area contributed by atoms with Crippen molar-refractivity contribution in [2.45, 2.75) is 0 Å². The van der Waals surface area contributed by atoms with Gasteiger partial charge in [-0.2, -0.15) is 14.6 Å². The van der Waals surface area contributed by atoms with E-state index in [1.54, 1.807) is 35.0 Å². The maximum Gasteiger partial charge on any atom is 0.291 e. The minimum atomic E-state index is -0.301. The first-order chi connectivity index (χ1) is 19.6. The fourth-order valence-electron chi connectivity index (χ4n) is 4.10. The van der Waals surface area contributed by atoms with Gasteiger partial charge in [0.25, 0.3) is 5.56 Å². The fraction of sp³-hybridized carbons (Fsp3) is 0.0323. The average Bonchev–Trinajstić information content (AvgIpc) is 3.67. The molecule has 0 aliphatic heterocycles. The van der Waals surface area contributed by atoms with Crippen LogP contribution in [-0.2, 0) is 0 Å². The molecule has 6 aromatic rings. The quantitative estimate of drug-likeness (QED) is 0.238. The molecule has 0 radical (unpaired) electrons. The van der Waals surface area contributed by atoms with Crippen LogP contribution in [0, 0.1) is 5.82 Å². The van der Waals surface area contributed by atoms with Gasteiger partial charge < -0.3 is 4.74 Å². The Kier molecular flexibility index (Phi) is 6.86. The maximum atomic E-state index is 13.2. The van der Waals surface area contributed by atoms with E-state index in [9.17, 15) is 9.18 Å². The van der Waals surface area contributed by atoms with Crippen molar-refractivity contribution >= 4 is 34.5 Å². The Labute approximate surface area is 232 Å². The normalized spacial score (nSPS) is 12.0. The first-order valence-corrected chi connectivity index (χ1v) is 13.2. The molecule has 3 aromatic carbocycles. The molecule has 0 saturated heterocycles. The van der Waals surface area contributed by atoms with E-state index in [-0.39, 0.29) is 11.4 Å². The van der Waals surface area contributed by atoms with Crippen molar-refractivity contribution in [1.82, 2.24) is 24.4 Å². The second kappa shape index (κ2) is 10.9. The zero-order chi connectivity index (χ0) is 27.5. The van der Waals surface area contributed by atoms with Crippen molar-refractivity contribution in [1.29, 1.82) is 0 Å². The van der Waals surface area contributed by atoms with Crippen LogP contribution >= 0.6 is 11.3 Å². The third-order valence-corrected chi connectivity index (χ3v) is 7.00. The van der Waals surface area contributed by atoms with Crippen molar-refractivity contribution in [3.8, 4) is 22.7 Å². The zero-order valence-corrected chi connectivity index (χ0v) is 22.0. The molecule has 0 unspecified atom stereocenters. The van der Waals surface area contributed by atoms with Crippen molar-refractivity contribution in [3.63, 3.8) is 0 Å². The molecular formula is C31H22FN5O2S. The summed E-state index contributed by atoms with van der Waals surface area (Å²) >= 11 is 1.26. The van der Waals surface area contributed by atoms with Gasteiger partial charge >= 0.3 is 0 Å². The zero-order valence-electron chi connectivity index (χ0n) is 21.1. The molecule has 0 aliphatic rings. The minimum Gasteiger partial charge on any atom is -0.490 e. The monoisotopic (exact) mass is 547 g/mol. The molecule has 40 heavy (non-hydrogen) atoms. The molecule has 0 N–H and O–H groups in total. The molecule has 3 aromatic heterocycles. The van der Waals surface area contributed by atoms with E-state index in [0.717, 1.165) is 33.8 Å². The second-order valence-electron chi connectivity index (χ2n) is 8.80. The van der Waals surface area contributed by atoms with E-state index in [4.69, 9.17) is 9.84 Å². The summed E-state index contributed by atoms with van der Waals surface area (Å²) in [5.74, 6) is 0.827. The Hall–Kier alpha value is -5.15. The van der Waals surface area contributed by atoms with Gasteiger partial charge in [0.2, 0.25) is 4.96 Å². The number of rotatable bonds is 8. The number of aromatic nitrogens is 5. The van der Waals surface area contributed by atoms with Gasteiger partial charge in [-0.25, -0.2) is 9.07 Å². The predicted molar refractivity (Wildman–Crippen MR) is 156 cm³/mol. The van der Waals surface area contributed by atoms with Crippen LogP contribution in [0.15, 0.2) is 103 Å². The summed E-state index contributed by atoms with van der Waals surface area (Å²) in [5, 5.41) is 9.20. The van der Waals surface area contributed by atoms with Gasteiger partial charge in [0.1, 0.15) is 23.9 Å². The van der Waals surface area contributed by atoms with Crippen LogP contribution < -0.4 is 14.8 Å². The molecule has 0 saturated carbocycles. The number of halogens is 1. The van der Waals surface area contributed by atoms with Crippen LogP contribution in [0.1, 0.15) is 17.0 Å². The molecule has 7 nitrogen and oxygen atoms in total. The third kappa shape index (κ3) is 5.23. The maximum absolute atomic E-state index is 13.2. The minimum absolute atomic E-state index is 0.263. The van der Waals surface area contributed by atoms with E-state index in [2.05, 4.69) is 16.7 Å². The Morgan fingerprint density at radius 3 is 2.45 bits per heavy atom. The van der Waals surface area contributed by atoms with E-state index >= 15 is 0 Å². The molecule has 9 heteroatoms. The highest BCUT2D eigenvalue weighted by molar-refractivity contribution is 7.15. The summed E-state index contributed by atoms with van der Waals surface area (Å²) < 4.78 is 22.4. The smallest absolute Gasteiger partial charge is 0.291 e. The highest BCUT2D eigenvalue weighted by atomic mass is 32.1. The van der Waals surface area contributed by atoms with E-state index < -0.39 is 0 Å². The van der Waals surface area contributed by atoms with Crippen molar-refractivity contribution < 1.29 is 9.13 Å². The lowest BCUT2D eigenvalue weighted by Crippen LogP contribution is -2.23. The number of benzene rings is 3. The van der Waals surface area contributed by atoms with Crippen LogP contribution in [-0.4, -0.2) is 31.0 Å². The molecule has 0 spiro atoms. The predicted octanol–water partition coefficient (Wildman–Crippen LogP) is 5.43. The van der Waals surface area contributed by atoms with Gasteiger partial charge in [-0.15, -0.1) is 5.10 Å². The molecule has 196 valence electrons. The summed E-state index contributed by atoms with van der Waals surface area (Å²) in [6.07, 6.45) is 8.88. The number of hydrogen-bond donors (Lipinski definition) is 0. The Balaban J connectivity index is 1.38. The van der Waals surface area contributed by atoms with Crippen LogP contribution in [0.4, 0.5) is 4.39 Å². The Bertz CT molecular complexity index is 1940.